The van der Waals surface area contributed by atoms with Gasteiger partial charge in [0.05, 0.1) is 11.1 Å². The molecule has 3 aromatic rings. The molecule has 3 rings (SSSR count). The Hall–Kier alpha value is -3.12. The minimum atomic E-state index is -4.52. The second kappa shape index (κ2) is 8.55. The number of ether oxygens (including phenoxy) is 1. The van der Waals surface area contributed by atoms with Crippen molar-refractivity contribution in [2.24, 2.45) is 0 Å². The fourth-order valence-corrected chi connectivity index (χ4v) is 3.52. The highest BCUT2D eigenvalue weighted by molar-refractivity contribution is 7.90. The summed E-state index contributed by atoms with van der Waals surface area (Å²) in [5, 5.41) is 12.1. The third-order valence-electron chi connectivity index (χ3n) is 4.16. The van der Waals surface area contributed by atoms with Crippen LogP contribution in [0.15, 0.2) is 53.8 Å². The number of benzene rings is 1. The Kier molecular flexibility index (Phi) is 6.23. The molecule has 0 aliphatic carbocycles. The number of amides is 1. The average Bonchev–Trinajstić information content (AvgIpc) is 3.10. The van der Waals surface area contributed by atoms with Crippen LogP contribution in [-0.4, -0.2) is 54.3 Å². The van der Waals surface area contributed by atoms with Gasteiger partial charge in [-0.3, -0.25) is 9.20 Å². The standard InChI is InChI=1S/C19H18F3N3O5S/c1-31(28,29)18-24-16(15-7-2-3-8-25(15)18)17(27)23-10-13(26)11-30-14-6-4-5-12(9-14)19(20,21)22/h2-9,13,26H,10-11H2,1H3,(H,23,27). The molecule has 0 saturated carbocycles. The number of sulfone groups is 1. The Balaban J connectivity index is 1.64. The number of hydrogen-bond acceptors (Lipinski definition) is 6. The summed E-state index contributed by atoms with van der Waals surface area (Å²) in [6, 6.07) is 8.89. The summed E-state index contributed by atoms with van der Waals surface area (Å²) in [6.07, 6.45) is -3.34. The summed E-state index contributed by atoms with van der Waals surface area (Å²) in [4.78, 5) is 16.4. The lowest BCUT2D eigenvalue weighted by molar-refractivity contribution is -0.137. The molecule has 0 fully saturated rings. The molecule has 0 saturated heterocycles. The first kappa shape index (κ1) is 22.6. The second-order valence-corrected chi connectivity index (χ2v) is 8.58. The lowest BCUT2D eigenvalue weighted by Crippen LogP contribution is -2.35. The summed E-state index contributed by atoms with van der Waals surface area (Å²) < 4.78 is 68.4. The molecule has 1 amide bonds. The monoisotopic (exact) mass is 457 g/mol. The van der Waals surface area contributed by atoms with Gasteiger partial charge in [0, 0.05) is 19.0 Å². The number of aliphatic hydroxyl groups is 1. The Morgan fingerprint density at radius 1 is 1.26 bits per heavy atom. The molecular weight excluding hydrogens is 439 g/mol. The first-order valence-corrected chi connectivity index (χ1v) is 10.8. The molecule has 2 N–H and O–H groups in total. The summed E-state index contributed by atoms with van der Waals surface area (Å²) in [6.45, 7) is -0.669. The van der Waals surface area contributed by atoms with E-state index in [1.807, 2.05) is 0 Å². The van der Waals surface area contributed by atoms with Gasteiger partial charge in [0.1, 0.15) is 18.5 Å². The zero-order valence-corrected chi connectivity index (χ0v) is 16.9. The molecule has 1 atom stereocenters. The number of aromatic nitrogens is 2. The maximum Gasteiger partial charge on any atom is 0.416 e. The lowest BCUT2D eigenvalue weighted by Gasteiger charge is -2.14. The van der Waals surface area contributed by atoms with Crippen molar-refractivity contribution in [2.75, 3.05) is 19.4 Å². The van der Waals surface area contributed by atoms with Crippen molar-refractivity contribution < 1.29 is 36.2 Å². The van der Waals surface area contributed by atoms with Crippen molar-refractivity contribution >= 4 is 21.3 Å². The number of imidazole rings is 1. The number of hydrogen-bond donors (Lipinski definition) is 2. The Morgan fingerprint density at radius 2 is 2.00 bits per heavy atom. The van der Waals surface area contributed by atoms with Crippen LogP contribution in [0.1, 0.15) is 16.1 Å². The molecule has 31 heavy (non-hydrogen) atoms. The van der Waals surface area contributed by atoms with Crippen molar-refractivity contribution in [3.8, 4) is 5.75 Å². The van der Waals surface area contributed by atoms with Crippen LogP contribution >= 0.6 is 0 Å². The molecule has 0 radical (unpaired) electrons. The van der Waals surface area contributed by atoms with Gasteiger partial charge in [-0.25, -0.2) is 13.4 Å². The third-order valence-corrected chi connectivity index (χ3v) is 5.12. The van der Waals surface area contributed by atoms with Crippen LogP contribution in [0.4, 0.5) is 13.2 Å². The van der Waals surface area contributed by atoms with E-state index in [1.165, 1.54) is 28.8 Å². The van der Waals surface area contributed by atoms with E-state index in [4.69, 9.17) is 4.74 Å². The van der Waals surface area contributed by atoms with Gasteiger partial charge in [-0.2, -0.15) is 13.2 Å². The molecule has 0 aliphatic heterocycles. The number of carbonyl (C=O) groups is 1. The van der Waals surface area contributed by atoms with Gasteiger partial charge in [-0.05, 0) is 30.3 Å². The molecule has 8 nitrogen and oxygen atoms in total. The summed E-state index contributed by atoms with van der Waals surface area (Å²) in [5.74, 6) is -0.810. The summed E-state index contributed by atoms with van der Waals surface area (Å²) in [7, 11) is -3.70. The maximum absolute atomic E-state index is 12.7. The van der Waals surface area contributed by atoms with Gasteiger partial charge in [0.2, 0.25) is 15.0 Å². The fourth-order valence-electron chi connectivity index (χ4n) is 2.75. The van der Waals surface area contributed by atoms with Crippen LogP contribution in [0.25, 0.3) is 5.52 Å². The van der Waals surface area contributed by atoms with Gasteiger partial charge in [0.25, 0.3) is 5.91 Å². The zero-order chi connectivity index (χ0) is 22.8. The summed E-state index contributed by atoms with van der Waals surface area (Å²) >= 11 is 0. The number of halogens is 3. The third kappa shape index (κ3) is 5.33. The van der Waals surface area contributed by atoms with Crippen LogP contribution in [0.5, 0.6) is 5.75 Å². The normalized spacial score (nSPS) is 13.2. The van der Waals surface area contributed by atoms with Gasteiger partial charge < -0.3 is 15.2 Å². The van der Waals surface area contributed by atoms with E-state index in [1.54, 1.807) is 12.1 Å². The molecule has 1 unspecified atom stereocenters. The maximum atomic E-state index is 12.7. The topological polar surface area (TPSA) is 110 Å². The lowest BCUT2D eigenvalue weighted by atomic mass is 10.2. The molecule has 0 spiro atoms. The van der Waals surface area contributed by atoms with E-state index in [-0.39, 0.29) is 35.3 Å². The zero-order valence-electron chi connectivity index (χ0n) is 16.1. The van der Waals surface area contributed by atoms with Gasteiger partial charge in [-0.1, -0.05) is 12.1 Å². The molecule has 2 heterocycles. The Bertz CT molecular complexity index is 1210. The molecule has 166 valence electrons. The number of nitrogens with zero attached hydrogens (tertiary/aromatic N) is 2. The minimum Gasteiger partial charge on any atom is -0.491 e. The highest BCUT2D eigenvalue weighted by Crippen LogP contribution is 2.31. The predicted octanol–water partition coefficient (Wildman–Crippen LogP) is 1.93. The van der Waals surface area contributed by atoms with E-state index in [9.17, 15) is 31.5 Å². The van der Waals surface area contributed by atoms with E-state index >= 15 is 0 Å². The number of rotatable bonds is 7. The molecule has 2 aromatic heterocycles. The Morgan fingerprint density at radius 3 is 2.68 bits per heavy atom. The quantitative estimate of drug-likeness (QED) is 0.561. The van der Waals surface area contributed by atoms with Gasteiger partial charge in [-0.15, -0.1) is 0 Å². The number of carbonyl (C=O) groups excluding carboxylic acids is 1. The first-order valence-electron chi connectivity index (χ1n) is 8.90. The van der Waals surface area contributed by atoms with Gasteiger partial charge in [0.15, 0.2) is 5.69 Å². The molecular formula is C19H18F3N3O5S. The van der Waals surface area contributed by atoms with Crippen LogP contribution in [0.3, 0.4) is 0 Å². The number of nitrogens with one attached hydrogen (secondary N) is 1. The summed E-state index contributed by atoms with van der Waals surface area (Å²) in [5.41, 5.74) is -0.775. The second-order valence-electron chi connectivity index (χ2n) is 6.67. The predicted molar refractivity (Wildman–Crippen MR) is 104 cm³/mol. The van der Waals surface area contributed by atoms with Gasteiger partial charge >= 0.3 is 6.18 Å². The van der Waals surface area contributed by atoms with Crippen LogP contribution in [-0.2, 0) is 16.0 Å². The van der Waals surface area contributed by atoms with E-state index in [0.717, 1.165) is 18.4 Å². The minimum absolute atomic E-state index is 0.0851. The van der Waals surface area contributed by atoms with Crippen molar-refractivity contribution in [3.63, 3.8) is 0 Å². The highest BCUT2D eigenvalue weighted by Gasteiger charge is 2.30. The van der Waals surface area contributed by atoms with Crippen LogP contribution in [0.2, 0.25) is 0 Å². The fraction of sp³-hybridized carbons (Fsp3) is 0.263. The molecule has 12 heteroatoms. The number of alkyl halides is 3. The largest absolute Gasteiger partial charge is 0.491 e. The number of pyridine rings is 1. The Labute approximate surface area is 175 Å². The van der Waals surface area contributed by atoms with Crippen molar-refractivity contribution in [1.29, 1.82) is 0 Å². The smallest absolute Gasteiger partial charge is 0.416 e. The average molecular weight is 457 g/mol. The van der Waals surface area contributed by atoms with E-state index in [0.29, 0.717) is 0 Å². The van der Waals surface area contributed by atoms with Crippen LogP contribution < -0.4 is 10.1 Å². The van der Waals surface area contributed by atoms with Crippen molar-refractivity contribution in [2.45, 2.75) is 17.4 Å². The number of aliphatic hydroxyl groups excluding tert-OH is 1. The highest BCUT2D eigenvalue weighted by atomic mass is 32.2. The van der Waals surface area contributed by atoms with E-state index < -0.39 is 33.6 Å². The molecule has 1 aromatic carbocycles. The molecule has 0 bridgehead atoms. The van der Waals surface area contributed by atoms with Crippen LogP contribution in [0, 0.1) is 0 Å². The number of fused-ring (bicyclic) bond motifs is 1. The van der Waals surface area contributed by atoms with Crippen molar-refractivity contribution in [1.82, 2.24) is 14.7 Å². The first-order chi connectivity index (χ1) is 14.5. The van der Waals surface area contributed by atoms with Crippen molar-refractivity contribution in [3.05, 3.63) is 59.9 Å². The SMILES string of the molecule is CS(=O)(=O)c1nc(C(=O)NCC(O)COc2cccc(C(F)(F)F)c2)c2ccccn12. The van der Waals surface area contributed by atoms with E-state index in [2.05, 4.69) is 10.3 Å². The molecule has 0 aliphatic rings.